The molecule has 2 rings (SSSR count). The number of rotatable bonds is 5. The fraction of sp³-hybridized carbons (Fsp3) is 0.500. The second kappa shape index (κ2) is 7.03. The van der Waals surface area contributed by atoms with Gasteiger partial charge >= 0.3 is 0 Å². The van der Waals surface area contributed by atoms with E-state index in [1.165, 1.54) is 5.56 Å². The summed E-state index contributed by atoms with van der Waals surface area (Å²) in [7, 11) is 0. The molecule has 1 heterocycles. The van der Waals surface area contributed by atoms with Crippen LogP contribution in [0.3, 0.4) is 0 Å². The second-order valence-electron chi connectivity index (χ2n) is 4.76. The van der Waals surface area contributed by atoms with Crippen molar-refractivity contribution < 1.29 is 9.53 Å². The van der Waals surface area contributed by atoms with E-state index in [0.717, 1.165) is 30.4 Å². The number of hydrogen-bond donors (Lipinski definition) is 1. The van der Waals surface area contributed by atoms with Crippen LogP contribution in [-0.2, 0) is 16.0 Å². The third-order valence-corrected chi connectivity index (χ3v) is 4.12. The highest BCUT2D eigenvalue weighted by molar-refractivity contribution is 9.10. The summed E-state index contributed by atoms with van der Waals surface area (Å²) in [5.74, 6) is -0.365. The third kappa shape index (κ3) is 4.30. The van der Waals surface area contributed by atoms with Crippen molar-refractivity contribution in [3.8, 4) is 0 Å². The van der Waals surface area contributed by atoms with E-state index in [1.807, 2.05) is 6.07 Å². The van der Waals surface area contributed by atoms with E-state index >= 15 is 0 Å². The molecule has 0 aromatic heterocycles. The molecule has 0 spiro atoms. The maximum atomic E-state index is 11.1. The second-order valence-corrected chi connectivity index (χ2v) is 5.61. The molecule has 1 aromatic rings. The molecule has 1 aromatic carbocycles. The Kier molecular flexibility index (Phi) is 5.36. The van der Waals surface area contributed by atoms with Gasteiger partial charge in [0.25, 0.3) is 0 Å². The van der Waals surface area contributed by atoms with Gasteiger partial charge in [-0.2, -0.15) is 0 Å². The summed E-state index contributed by atoms with van der Waals surface area (Å²) in [6.07, 6.45) is 1.64. The topological polar surface area (TPSA) is 55.6 Å². The zero-order valence-electron chi connectivity index (χ0n) is 10.8. The lowest BCUT2D eigenvalue weighted by Gasteiger charge is -2.31. The van der Waals surface area contributed by atoms with Crippen molar-refractivity contribution in [3.63, 3.8) is 0 Å². The van der Waals surface area contributed by atoms with Gasteiger partial charge in [-0.25, -0.2) is 0 Å². The lowest BCUT2D eigenvalue weighted by Crippen LogP contribution is -2.48. The first-order chi connectivity index (χ1) is 9.16. The molecule has 1 aliphatic rings. The largest absolute Gasteiger partial charge is 0.367 e. The Morgan fingerprint density at radius 3 is 3.00 bits per heavy atom. The van der Waals surface area contributed by atoms with Crippen LogP contribution in [0.25, 0.3) is 0 Å². The van der Waals surface area contributed by atoms with Crippen molar-refractivity contribution in [3.05, 3.63) is 34.3 Å². The van der Waals surface area contributed by atoms with Gasteiger partial charge in [-0.15, -0.1) is 0 Å². The fourth-order valence-corrected chi connectivity index (χ4v) is 2.76. The number of amides is 1. The van der Waals surface area contributed by atoms with Crippen molar-refractivity contribution in [2.45, 2.75) is 18.9 Å². The standard InChI is InChI=1S/C14H19BrN2O2/c15-12-6-2-1-4-11(12)5-3-7-17-8-9-19-13(10-17)14(16)18/h1-2,4,6,13H,3,5,7-10H2,(H2,16,18). The van der Waals surface area contributed by atoms with Gasteiger partial charge in [0.05, 0.1) is 6.61 Å². The van der Waals surface area contributed by atoms with Crippen molar-refractivity contribution >= 4 is 21.8 Å². The van der Waals surface area contributed by atoms with Crippen molar-refractivity contribution in [2.24, 2.45) is 5.73 Å². The molecule has 1 unspecified atom stereocenters. The molecule has 4 nitrogen and oxygen atoms in total. The number of carbonyl (C=O) groups is 1. The summed E-state index contributed by atoms with van der Waals surface area (Å²) in [5.41, 5.74) is 6.59. The first-order valence-corrected chi connectivity index (χ1v) is 7.33. The van der Waals surface area contributed by atoms with Crippen LogP contribution in [0.4, 0.5) is 0 Å². The van der Waals surface area contributed by atoms with Crippen LogP contribution in [-0.4, -0.2) is 43.2 Å². The maximum absolute atomic E-state index is 11.1. The zero-order valence-corrected chi connectivity index (χ0v) is 12.4. The van der Waals surface area contributed by atoms with Crippen LogP contribution in [0.5, 0.6) is 0 Å². The number of hydrogen-bond acceptors (Lipinski definition) is 3. The van der Waals surface area contributed by atoms with Gasteiger partial charge in [0.2, 0.25) is 5.91 Å². The zero-order chi connectivity index (χ0) is 13.7. The molecule has 0 aliphatic carbocycles. The van der Waals surface area contributed by atoms with Gasteiger partial charge in [-0.1, -0.05) is 34.1 Å². The minimum atomic E-state index is -0.447. The first-order valence-electron chi connectivity index (χ1n) is 6.53. The SMILES string of the molecule is NC(=O)C1CN(CCCc2ccccc2Br)CCO1. The molecular formula is C14H19BrN2O2. The number of nitrogens with two attached hydrogens (primary N) is 1. The Balaban J connectivity index is 1.77. The van der Waals surface area contributed by atoms with Crippen molar-refractivity contribution in [1.29, 1.82) is 0 Å². The molecule has 104 valence electrons. The molecule has 1 fully saturated rings. The number of aryl methyl sites for hydroxylation is 1. The van der Waals surface area contributed by atoms with E-state index in [-0.39, 0.29) is 5.91 Å². The van der Waals surface area contributed by atoms with Gasteiger partial charge in [-0.3, -0.25) is 9.69 Å². The van der Waals surface area contributed by atoms with Gasteiger partial charge in [0.15, 0.2) is 0 Å². The number of benzene rings is 1. The fourth-order valence-electron chi connectivity index (χ4n) is 2.27. The minimum absolute atomic E-state index is 0.365. The number of carbonyl (C=O) groups excluding carboxylic acids is 1. The average Bonchev–Trinajstić information content (AvgIpc) is 2.41. The highest BCUT2D eigenvalue weighted by atomic mass is 79.9. The number of nitrogens with zero attached hydrogens (tertiary/aromatic N) is 1. The van der Waals surface area contributed by atoms with Crippen LogP contribution in [0, 0.1) is 0 Å². The molecule has 1 atom stereocenters. The summed E-state index contributed by atoms with van der Waals surface area (Å²) in [6, 6.07) is 8.27. The van der Waals surface area contributed by atoms with Crippen LogP contribution < -0.4 is 5.73 Å². The van der Waals surface area contributed by atoms with Gasteiger partial charge in [0, 0.05) is 17.6 Å². The Hall–Kier alpha value is -0.910. The quantitative estimate of drug-likeness (QED) is 0.893. The van der Waals surface area contributed by atoms with E-state index < -0.39 is 6.10 Å². The first kappa shape index (κ1) is 14.5. The van der Waals surface area contributed by atoms with Crippen LogP contribution in [0.2, 0.25) is 0 Å². The molecule has 1 amide bonds. The van der Waals surface area contributed by atoms with E-state index in [4.69, 9.17) is 10.5 Å². The van der Waals surface area contributed by atoms with E-state index in [0.29, 0.717) is 13.2 Å². The predicted octanol–water partition coefficient (Wildman–Crippen LogP) is 1.57. The molecule has 19 heavy (non-hydrogen) atoms. The summed E-state index contributed by atoms with van der Waals surface area (Å²) in [5, 5.41) is 0. The summed E-state index contributed by atoms with van der Waals surface area (Å²) in [6.45, 7) is 3.04. The molecule has 1 aliphatic heterocycles. The predicted molar refractivity (Wildman–Crippen MR) is 77.8 cm³/mol. The molecule has 1 saturated heterocycles. The van der Waals surface area contributed by atoms with Gasteiger partial charge in [0.1, 0.15) is 6.10 Å². The summed E-state index contributed by atoms with van der Waals surface area (Å²) >= 11 is 3.56. The highest BCUT2D eigenvalue weighted by Crippen LogP contribution is 2.17. The lowest BCUT2D eigenvalue weighted by molar-refractivity contribution is -0.135. The number of halogens is 1. The molecule has 2 N–H and O–H groups in total. The number of ether oxygens (including phenoxy) is 1. The molecule has 0 bridgehead atoms. The average molecular weight is 327 g/mol. The van der Waals surface area contributed by atoms with Crippen molar-refractivity contribution in [1.82, 2.24) is 4.90 Å². The summed E-state index contributed by atoms with van der Waals surface area (Å²) < 4.78 is 6.49. The maximum Gasteiger partial charge on any atom is 0.247 e. The van der Waals surface area contributed by atoms with Crippen LogP contribution in [0.1, 0.15) is 12.0 Å². The normalized spacial score (nSPS) is 20.4. The summed E-state index contributed by atoms with van der Waals surface area (Å²) in [4.78, 5) is 13.4. The van der Waals surface area contributed by atoms with E-state index in [9.17, 15) is 4.79 Å². The smallest absolute Gasteiger partial charge is 0.247 e. The van der Waals surface area contributed by atoms with Crippen LogP contribution >= 0.6 is 15.9 Å². The van der Waals surface area contributed by atoms with E-state index in [2.05, 4.69) is 39.0 Å². The Bertz CT molecular complexity index is 439. The molecule has 0 radical (unpaired) electrons. The highest BCUT2D eigenvalue weighted by Gasteiger charge is 2.24. The number of primary amides is 1. The molecular weight excluding hydrogens is 308 g/mol. The third-order valence-electron chi connectivity index (χ3n) is 3.35. The minimum Gasteiger partial charge on any atom is -0.367 e. The Morgan fingerprint density at radius 2 is 2.26 bits per heavy atom. The molecule has 0 saturated carbocycles. The Morgan fingerprint density at radius 1 is 1.47 bits per heavy atom. The van der Waals surface area contributed by atoms with Gasteiger partial charge in [-0.05, 0) is 31.0 Å². The number of morpholine rings is 1. The van der Waals surface area contributed by atoms with Gasteiger partial charge < -0.3 is 10.5 Å². The van der Waals surface area contributed by atoms with Crippen molar-refractivity contribution in [2.75, 3.05) is 26.2 Å². The van der Waals surface area contributed by atoms with Crippen LogP contribution in [0.15, 0.2) is 28.7 Å². The Labute approximate surface area is 122 Å². The molecule has 5 heteroatoms. The monoisotopic (exact) mass is 326 g/mol. The van der Waals surface area contributed by atoms with E-state index in [1.54, 1.807) is 0 Å². The lowest BCUT2D eigenvalue weighted by atomic mass is 10.1.